The molecule has 5 aromatic rings. The maximum absolute atomic E-state index is 14.5. The molecule has 7 rings (SSSR count). The summed E-state index contributed by atoms with van der Waals surface area (Å²) in [5.41, 5.74) is 5.74. The average Bonchev–Trinajstić information content (AvgIpc) is 3.69. The van der Waals surface area contributed by atoms with Gasteiger partial charge in [0.2, 0.25) is 5.91 Å². The summed E-state index contributed by atoms with van der Waals surface area (Å²) in [7, 11) is 0. The van der Waals surface area contributed by atoms with Crippen molar-refractivity contribution in [3.05, 3.63) is 132 Å². The maximum Gasteiger partial charge on any atom is 0.228 e. The summed E-state index contributed by atoms with van der Waals surface area (Å²) in [6, 6.07) is 40.1. The van der Waals surface area contributed by atoms with Gasteiger partial charge in [-0.25, -0.2) is 0 Å². The van der Waals surface area contributed by atoms with Gasteiger partial charge in [-0.2, -0.15) is 0 Å². The SMILES string of the molecule is O=C([C@@H]1CNC[C@H]1c1ccccc1-c1cc2ccccc2o1)N1CCC(c2ccccc2)C[C@@H]1c1ccccc1. The van der Waals surface area contributed by atoms with Gasteiger partial charge >= 0.3 is 0 Å². The second kappa shape index (κ2) is 10.8. The number of amides is 1. The van der Waals surface area contributed by atoms with Crippen molar-refractivity contribution in [1.29, 1.82) is 0 Å². The second-order valence-electron chi connectivity index (χ2n) is 11.2. The molecule has 4 nitrogen and oxygen atoms in total. The van der Waals surface area contributed by atoms with E-state index in [1.54, 1.807) is 0 Å². The van der Waals surface area contributed by atoms with Gasteiger partial charge in [0, 0.05) is 36.5 Å². The summed E-state index contributed by atoms with van der Waals surface area (Å²) in [6.07, 6.45) is 1.93. The van der Waals surface area contributed by atoms with Crippen molar-refractivity contribution in [3.63, 3.8) is 0 Å². The highest BCUT2D eigenvalue weighted by molar-refractivity contribution is 5.85. The number of hydrogen-bond donors (Lipinski definition) is 1. The number of para-hydroxylation sites is 1. The third-order valence-corrected chi connectivity index (χ3v) is 8.92. The van der Waals surface area contributed by atoms with Crippen LogP contribution in [0.3, 0.4) is 0 Å². The van der Waals surface area contributed by atoms with E-state index in [1.807, 2.05) is 18.2 Å². The van der Waals surface area contributed by atoms with Gasteiger partial charge in [0.25, 0.3) is 0 Å². The number of hydrogen-bond acceptors (Lipinski definition) is 3. The molecule has 200 valence electrons. The first-order chi connectivity index (χ1) is 19.8. The van der Waals surface area contributed by atoms with Gasteiger partial charge in [-0.05, 0) is 47.6 Å². The highest BCUT2D eigenvalue weighted by Gasteiger charge is 2.41. The van der Waals surface area contributed by atoms with Gasteiger partial charge in [-0.3, -0.25) is 4.79 Å². The number of fused-ring (bicyclic) bond motifs is 1. The number of nitrogens with zero attached hydrogens (tertiary/aromatic N) is 1. The van der Waals surface area contributed by atoms with Crippen molar-refractivity contribution in [2.75, 3.05) is 19.6 Å². The minimum Gasteiger partial charge on any atom is -0.456 e. The van der Waals surface area contributed by atoms with Crippen molar-refractivity contribution >= 4 is 16.9 Å². The highest BCUT2D eigenvalue weighted by Crippen LogP contribution is 2.43. The Bertz CT molecular complexity index is 1580. The third kappa shape index (κ3) is 4.63. The molecule has 4 atom stereocenters. The largest absolute Gasteiger partial charge is 0.456 e. The number of rotatable bonds is 5. The molecular weight excluding hydrogens is 492 g/mol. The lowest BCUT2D eigenvalue weighted by Gasteiger charge is -2.42. The van der Waals surface area contributed by atoms with Crippen molar-refractivity contribution in [3.8, 4) is 11.3 Å². The molecule has 2 saturated heterocycles. The van der Waals surface area contributed by atoms with Gasteiger partial charge in [0.15, 0.2) is 0 Å². The number of carbonyl (C=O) groups is 1. The first-order valence-electron chi connectivity index (χ1n) is 14.5. The first kappa shape index (κ1) is 24.9. The van der Waals surface area contributed by atoms with Crippen LogP contribution in [0.5, 0.6) is 0 Å². The third-order valence-electron chi connectivity index (χ3n) is 8.92. The Morgan fingerprint density at radius 3 is 2.27 bits per heavy atom. The van der Waals surface area contributed by atoms with Gasteiger partial charge in [0.1, 0.15) is 11.3 Å². The van der Waals surface area contributed by atoms with E-state index in [2.05, 4.69) is 107 Å². The Balaban J connectivity index is 1.20. The van der Waals surface area contributed by atoms with E-state index in [1.165, 1.54) is 16.7 Å². The van der Waals surface area contributed by atoms with Crippen molar-refractivity contribution in [2.45, 2.75) is 30.7 Å². The molecule has 2 aliphatic heterocycles. The fourth-order valence-corrected chi connectivity index (χ4v) is 6.89. The Kier molecular flexibility index (Phi) is 6.70. The van der Waals surface area contributed by atoms with Crippen molar-refractivity contribution in [1.82, 2.24) is 10.2 Å². The van der Waals surface area contributed by atoms with Crippen LogP contribution in [0.2, 0.25) is 0 Å². The zero-order chi connectivity index (χ0) is 26.9. The molecule has 2 fully saturated rings. The molecule has 1 amide bonds. The van der Waals surface area contributed by atoms with E-state index >= 15 is 0 Å². The van der Waals surface area contributed by atoms with Gasteiger partial charge in [-0.1, -0.05) is 103 Å². The van der Waals surface area contributed by atoms with Crippen molar-refractivity contribution < 1.29 is 9.21 Å². The molecule has 40 heavy (non-hydrogen) atoms. The maximum atomic E-state index is 14.5. The Labute approximate surface area is 235 Å². The number of benzene rings is 4. The Hall–Kier alpha value is -4.15. The van der Waals surface area contributed by atoms with Crippen LogP contribution in [-0.2, 0) is 4.79 Å². The molecule has 0 spiro atoms. The predicted octanol–water partition coefficient (Wildman–Crippen LogP) is 7.55. The van der Waals surface area contributed by atoms with E-state index in [9.17, 15) is 4.79 Å². The fourth-order valence-electron chi connectivity index (χ4n) is 6.89. The molecular formula is C36H34N2O2. The molecule has 2 aliphatic rings. The van der Waals surface area contributed by atoms with Crippen LogP contribution < -0.4 is 5.32 Å². The summed E-state index contributed by atoms with van der Waals surface area (Å²) in [4.78, 5) is 16.6. The van der Waals surface area contributed by atoms with Gasteiger partial charge in [-0.15, -0.1) is 0 Å². The second-order valence-corrected chi connectivity index (χ2v) is 11.2. The number of piperidine rings is 1. The molecule has 1 aromatic heterocycles. The zero-order valence-electron chi connectivity index (χ0n) is 22.6. The minimum absolute atomic E-state index is 0.0690. The Morgan fingerprint density at radius 2 is 1.48 bits per heavy atom. The number of likely N-dealkylation sites (tertiary alicyclic amines) is 1. The lowest BCUT2D eigenvalue weighted by molar-refractivity contribution is -0.139. The number of carbonyl (C=O) groups excluding carboxylic acids is 1. The van der Waals surface area contributed by atoms with E-state index in [0.717, 1.165) is 48.2 Å². The first-order valence-corrected chi connectivity index (χ1v) is 14.5. The van der Waals surface area contributed by atoms with Crippen LogP contribution in [0.1, 0.15) is 47.4 Å². The van der Waals surface area contributed by atoms with Crippen molar-refractivity contribution in [2.24, 2.45) is 5.92 Å². The topological polar surface area (TPSA) is 45.5 Å². The smallest absolute Gasteiger partial charge is 0.228 e. The molecule has 1 N–H and O–H groups in total. The molecule has 0 bridgehead atoms. The standard InChI is InChI=1S/C36H34N2O2/c39-36(38-20-19-27(25-11-3-1-4-12-25)21-33(38)26-13-5-2-6-14-26)32-24-37-23-31(32)29-16-8-9-17-30(29)35-22-28-15-7-10-18-34(28)40-35/h1-18,22,27,31-33,37H,19-21,23-24H2/t27?,31-,32+,33+/m0/s1. The van der Waals surface area contributed by atoms with Crippen LogP contribution in [0.4, 0.5) is 0 Å². The molecule has 0 radical (unpaired) electrons. The van der Waals surface area contributed by atoms with Crippen LogP contribution in [0.25, 0.3) is 22.3 Å². The Morgan fingerprint density at radius 1 is 0.775 bits per heavy atom. The highest BCUT2D eigenvalue weighted by atomic mass is 16.3. The van der Waals surface area contributed by atoms with E-state index in [4.69, 9.17) is 4.42 Å². The van der Waals surface area contributed by atoms with Gasteiger partial charge < -0.3 is 14.6 Å². The number of nitrogens with one attached hydrogen (secondary N) is 1. The fraction of sp³-hybridized carbons (Fsp3) is 0.250. The van der Waals surface area contributed by atoms with Crippen LogP contribution >= 0.6 is 0 Å². The molecule has 0 aliphatic carbocycles. The quantitative estimate of drug-likeness (QED) is 0.257. The predicted molar refractivity (Wildman–Crippen MR) is 160 cm³/mol. The normalized spacial score (nSPS) is 22.9. The number of furan rings is 1. The molecule has 4 heteroatoms. The summed E-state index contributed by atoms with van der Waals surface area (Å²) >= 11 is 0. The lowest BCUT2D eigenvalue weighted by atomic mass is 9.80. The minimum atomic E-state index is -0.120. The molecule has 0 saturated carbocycles. The summed E-state index contributed by atoms with van der Waals surface area (Å²) in [5, 5.41) is 4.65. The van der Waals surface area contributed by atoms with Crippen LogP contribution in [-0.4, -0.2) is 30.4 Å². The van der Waals surface area contributed by atoms with Gasteiger partial charge in [0.05, 0.1) is 12.0 Å². The summed E-state index contributed by atoms with van der Waals surface area (Å²) < 4.78 is 6.28. The summed E-state index contributed by atoms with van der Waals surface area (Å²) in [5.74, 6) is 1.53. The van der Waals surface area contributed by atoms with E-state index < -0.39 is 0 Å². The molecule has 1 unspecified atom stereocenters. The molecule has 4 aromatic carbocycles. The zero-order valence-corrected chi connectivity index (χ0v) is 22.6. The van der Waals surface area contributed by atoms with E-state index in [-0.39, 0.29) is 23.8 Å². The monoisotopic (exact) mass is 526 g/mol. The van der Waals surface area contributed by atoms with Crippen LogP contribution in [0.15, 0.2) is 120 Å². The van der Waals surface area contributed by atoms with E-state index in [0.29, 0.717) is 12.5 Å². The molecule has 3 heterocycles. The summed E-state index contributed by atoms with van der Waals surface area (Å²) in [6.45, 7) is 2.24. The average molecular weight is 527 g/mol. The van der Waals surface area contributed by atoms with Crippen LogP contribution in [0, 0.1) is 5.92 Å². The lowest BCUT2D eigenvalue weighted by Crippen LogP contribution is -2.45.